The Morgan fingerprint density at radius 1 is 0.483 bits per heavy atom. The number of amides is 6. The maximum atomic E-state index is 13.3. The first-order valence-electron chi connectivity index (χ1n) is 26.5. The van der Waals surface area contributed by atoms with Gasteiger partial charge in [-0.05, 0) is 84.0 Å². The molecule has 6 unspecified atom stereocenters. The molecule has 9 saturated heterocycles. The summed E-state index contributed by atoms with van der Waals surface area (Å²) in [5.41, 5.74) is -20.3. The molecule has 6 N–H and O–H groups in total. The molecule has 9 aliphatic heterocycles. The maximum Gasteiger partial charge on any atom is 0.417 e. The van der Waals surface area contributed by atoms with Crippen molar-refractivity contribution in [3.8, 4) is 6.07 Å². The lowest BCUT2D eigenvalue weighted by Crippen LogP contribution is -2.60. The predicted octanol–water partition coefficient (Wildman–Crippen LogP) is 5.43. The van der Waals surface area contributed by atoms with E-state index < -0.39 is 193 Å². The van der Waals surface area contributed by atoms with E-state index in [0.29, 0.717) is 32.9 Å². The van der Waals surface area contributed by atoms with Crippen molar-refractivity contribution in [3.05, 3.63) is 99.7 Å². The molecule has 0 aliphatic carbocycles. The lowest BCUT2D eigenvalue weighted by atomic mass is 9.61. The third kappa shape index (κ3) is 8.30. The van der Waals surface area contributed by atoms with Gasteiger partial charge in [-0.25, -0.2) is 24.4 Å². The molecule has 462 valence electrons. The first kappa shape index (κ1) is 62.6. The summed E-state index contributed by atoms with van der Waals surface area (Å²) in [6, 6.07) is 9.34. The Bertz CT molecular complexity index is 3340. The summed E-state index contributed by atoms with van der Waals surface area (Å²) in [6.45, 7) is 20.7. The van der Waals surface area contributed by atoms with Crippen LogP contribution in [0, 0.1) is 60.0 Å². The standard InChI is InChI=1S/3C19H17F3N2O5/c2*1-16-7-18(28,8-25)17(2,29-16)13-12(16)14(26)24(15(13)27)9-4-5-11(23-3)10(6-9)19(20,21)22;1-16-7-18(28,8-25)17(2,29-16)13-12(16)14(26)24(15(13)27)10-4-3-9(6-23)11(5-10)19(20,21)22/h2*4-6,12-13,25,28H,7-8H2,1-2H3;3-5,12-13,25,28H,7-8H2,1-2H3/t3*12-,13+,16?,17?,18-/m110/s1. The molecular weight excluding hydrogens is 1180 g/mol. The highest BCUT2D eigenvalue weighted by Gasteiger charge is 2.83. The smallest absolute Gasteiger partial charge is 0.393 e. The zero-order valence-corrected chi connectivity index (χ0v) is 46.3. The van der Waals surface area contributed by atoms with Crippen LogP contribution in [0.1, 0.15) is 83.1 Å². The molecule has 21 nitrogen and oxygen atoms in total. The summed E-state index contributed by atoms with van der Waals surface area (Å²) >= 11 is 0. The van der Waals surface area contributed by atoms with Crippen LogP contribution in [0.25, 0.3) is 9.69 Å². The molecule has 3 aromatic rings. The predicted molar refractivity (Wildman–Crippen MR) is 274 cm³/mol. The number of alkyl halides is 9. The summed E-state index contributed by atoms with van der Waals surface area (Å²) in [7, 11) is 0. The number of aliphatic hydroxyl groups excluding tert-OH is 3. The Hall–Kier alpha value is -7.44. The van der Waals surface area contributed by atoms with Gasteiger partial charge in [0.25, 0.3) is 0 Å². The normalized spacial score (nSPS) is 38.5. The third-order valence-electron chi connectivity index (χ3n) is 19.5. The molecule has 9 heterocycles. The van der Waals surface area contributed by atoms with Gasteiger partial charge in [0.2, 0.25) is 35.4 Å². The molecule has 0 spiro atoms. The van der Waals surface area contributed by atoms with E-state index in [0.717, 1.165) is 36.4 Å². The number of nitrogens with zero attached hydrogens (tertiary/aromatic N) is 6. The summed E-state index contributed by atoms with van der Waals surface area (Å²) in [4.78, 5) is 86.4. The maximum absolute atomic E-state index is 13.3. The van der Waals surface area contributed by atoms with Gasteiger partial charge in [-0.1, -0.05) is 12.1 Å². The minimum Gasteiger partial charge on any atom is -0.393 e. The van der Waals surface area contributed by atoms with Crippen LogP contribution in [0.4, 0.5) is 68.0 Å². The van der Waals surface area contributed by atoms with Crippen molar-refractivity contribution in [1.29, 1.82) is 5.26 Å². The number of rotatable bonds is 6. The van der Waals surface area contributed by atoms with Crippen LogP contribution in [-0.2, 0) is 61.5 Å². The van der Waals surface area contributed by atoms with Crippen molar-refractivity contribution in [1.82, 2.24) is 0 Å². The Balaban J connectivity index is 0.000000144. The molecule has 9 aliphatic rings. The molecule has 0 aromatic heterocycles. The number of fused-ring (bicyclic) bond motifs is 15. The van der Waals surface area contributed by atoms with Crippen LogP contribution >= 0.6 is 0 Å². The van der Waals surface area contributed by atoms with Gasteiger partial charge in [-0.3, -0.25) is 28.8 Å². The average molecular weight is 1230 g/mol. The minimum absolute atomic E-state index is 0.0918. The molecule has 87 heavy (non-hydrogen) atoms. The first-order chi connectivity index (χ1) is 40.0. The van der Waals surface area contributed by atoms with E-state index in [2.05, 4.69) is 9.69 Å². The lowest BCUT2D eigenvalue weighted by Gasteiger charge is -2.41. The van der Waals surface area contributed by atoms with Gasteiger partial charge in [0.15, 0.2) is 11.4 Å². The number of hydrogen-bond acceptors (Lipinski definition) is 16. The summed E-state index contributed by atoms with van der Waals surface area (Å²) in [5, 5.41) is 70.4. The number of carbonyl (C=O) groups is 6. The number of nitriles is 1. The Morgan fingerprint density at radius 2 is 0.736 bits per heavy atom. The van der Waals surface area contributed by atoms with E-state index in [1.165, 1.54) is 33.8 Å². The number of carbonyl (C=O) groups excluding carboxylic acids is 6. The number of anilines is 3. The quantitative estimate of drug-likeness (QED) is 0.102. The van der Waals surface area contributed by atoms with E-state index in [1.807, 2.05) is 0 Å². The molecule has 0 radical (unpaired) electrons. The third-order valence-corrected chi connectivity index (χ3v) is 19.5. The second kappa shape index (κ2) is 19.0. The fraction of sp³-hybridized carbons (Fsp3) is 0.526. The highest BCUT2D eigenvalue weighted by atomic mass is 19.4. The van der Waals surface area contributed by atoms with Gasteiger partial charge in [-0.2, -0.15) is 44.8 Å². The number of imide groups is 3. The number of halogens is 9. The highest BCUT2D eigenvalue weighted by molar-refractivity contribution is 6.25. The molecule has 6 amide bonds. The summed E-state index contributed by atoms with van der Waals surface area (Å²) in [6.07, 6.45) is -14.8. The SMILES string of the molecule is CC12C[C@](O)(CO)C(C)(O1)[C@H]1C(=O)N(c3ccc(C#N)c(C(F)(F)F)c3)C(=O)[C@H]12.[C-]#[N+]c1ccc(N2C(=O)[C@@H]3[C@H](C2=O)C2(C)C[C@@](O)(CO)C3(C)O2)cc1C(F)(F)F.[C-]#[N+]c1ccc(N2C(=O)[C@@H]3[C@H](C2=O)C2(C)C[C@@](O)(CO)C3(C)O2)cc1C(F)(F)F. The van der Waals surface area contributed by atoms with Crippen molar-refractivity contribution in [3.63, 3.8) is 0 Å². The number of hydrogen-bond donors (Lipinski definition) is 6. The van der Waals surface area contributed by atoms with Crippen molar-refractivity contribution < 1.29 is 113 Å². The summed E-state index contributed by atoms with van der Waals surface area (Å²) in [5.74, 6) is -11.1. The zero-order valence-electron chi connectivity index (χ0n) is 46.3. The second-order valence-corrected chi connectivity index (χ2v) is 24.5. The number of aliphatic hydroxyl groups is 6. The Morgan fingerprint density at radius 3 is 0.977 bits per heavy atom. The van der Waals surface area contributed by atoms with E-state index in [4.69, 9.17) is 32.6 Å². The molecular formula is C57H51F9N6O15. The molecule has 6 bridgehead atoms. The molecule has 9 fully saturated rings. The number of ether oxygens (including phenoxy) is 3. The molecule has 0 saturated carbocycles. The molecule has 3 aromatic carbocycles. The van der Waals surface area contributed by atoms with Gasteiger partial charge in [0, 0.05) is 30.6 Å². The lowest BCUT2D eigenvalue weighted by molar-refractivity contribution is -0.157. The van der Waals surface area contributed by atoms with Gasteiger partial charge in [-0.15, -0.1) is 0 Å². The average Bonchev–Trinajstić information content (AvgIpc) is 1.52. The van der Waals surface area contributed by atoms with Crippen LogP contribution < -0.4 is 14.7 Å². The van der Waals surface area contributed by atoms with Crippen LogP contribution in [0.15, 0.2) is 54.6 Å². The van der Waals surface area contributed by atoms with Crippen LogP contribution in [-0.4, -0.2) is 136 Å². The molecule has 12 rings (SSSR count). The van der Waals surface area contributed by atoms with Gasteiger partial charge < -0.3 is 44.8 Å². The highest BCUT2D eigenvalue weighted by Crippen LogP contribution is 2.68. The second-order valence-electron chi connectivity index (χ2n) is 24.5. The van der Waals surface area contributed by atoms with Gasteiger partial charge in [0.05, 0.1) is 119 Å². The molecule has 15 atom stereocenters. The van der Waals surface area contributed by atoms with Gasteiger partial charge >= 0.3 is 18.5 Å². The van der Waals surface area contributed by atoms with E-state index in [1.54, 1.807) is 13.8 Å². The summed E-state index contributed by atoms with van der Waals surface area (Å²) < 4.78 is 137. The van der Waals surface area contributed by atoms with Crippen LogP contribution in [0.5, 0.6) is 0 Å². The Labute approximate surface area is 486 Å². The monoisotopic (exact) mass is 1230 g/mol. The van der Waals surface area contributed by atoms with E-state index in [9.17, 15) is 98.9 Å². The van der Waals surface area contributed by atoms with E-state index in [-0.39, 0.29) is 36.3 Å². The van der Waals surface area contributed by atoms with Crippen molar-refractivity contribution in [2.24, 2.45) is 35.5 Å². The Kier molecular flexibility index (Phi) is 13.7. The van der Waals surface area contributed by atoms with E-state index >= 15 is 0 Å². The fourth-order valence-corrected chi connectivity index (χ4v) is 15.6. The van der Waals surface area contributed by atoms with Crippen molar-refractivity contribution in [2.75, 3.05) is 34.5 Å². The largest absolute Gasteiger partial charge is 0.417 e. The van der Waals surface area contributed by atoms with Crippen molar-refractivity contribution in [2.45, 2.75) is 130 Å². The molecule has 30 heteroatoms. The van der Waals surface area contributed by atoms with Crippen LogP contribution in [0.3, 0.4) is 0 Å². The van der Waals surface area contributed by atoms with Crippen LogP contribution in [0.2, 0.25) is 0 Å². The topological polar surface area (TPSA) is 294 Å². The zero-order chi connectivity index (χ0) is 64.7. The van der Waals surface area contributed by atoms with Crippen molar-refractivity contribution >= 4 is 63.9 Å². The number of benzene rings is 3. The van der Waals surface area contributed by atoms with Gasteiger partial charge in [0.1, 0.15) is 33.6 Å². The fourth-order valence-electron chi connectivity index (χ4n) is 15.6. The minimum atomic E-state index is -4.85. The first-order valence-corrected chi connectivity index (χ1v) is 26.5.